The lowest BCUT2D eigenvalue weighted by Crippen LogP contribution is -1.97. The molecule has 0 aliphatic heterocycles. The number of nitrogens with zero attached hydrogens (tertiary/aromatic N) is 3. The second-order valence-electron chi connectivity index (χ2n) is 4.12. The highest BCUT2D eigenvalue weighted by Crippen LogP contribution is 2.17. The molecule has 3 rings (SSSR count). The third-order valence-electron chi connectivity index (χ3n) is 2.64. The molecule has 0 amide bonds. The fourth-order valence-corrected chi connectivity index (χ4v) is 2.34. The molecule has 21 heavy (non-hydrogen) atoms. The summed E-state index contributed by atoms with van der Waals surface area (Å²) in [5.74, 6) is 0.554. The van der Waals surface area contributed by atoms with Crippen LogP contribution in [0.15, 0.2) is 51.8 Å². The summed E-state index contributed by atoms with van der Waals surface area (Å²) in [5, 5.41) is 0. The van der Waals surface area contributed by atoms with Crippen molar-refractivity contribution in [3.63, 3.8) is 0 Å². The highest BCUT2D eigenvalue weighted by Gasteiger charge is 2.08. The van der Waals surface area contributed by atoms with Crippen molar-refractivity contribution in [1.29, 1.82) is 0 Å². The Morgan fingerprint density at radius 2 is 1.90 bits per heavy atom. The summed E-state index contributed by atoms with van der Waals surface area (Å²) >= 11 is 6.57. The van der Waals surface area contributed by atoms with Crippen LogP contribution in [-0.2, 0) is 0 Å². The molecule has 5 nitrogen and oxygen atoms in total. The molecule has 0 aromatic carbocycles. The van der Waals surface area contributed by atoms with Crippen molar-refractivity contribution < 1.29 is 4.79 Å². The van der Waals surface area contributed by atoms with Crippen molar-refractivity contribution in [3.05, 3.63) is 57.5 Å². The first-order chi connectivity index (χ1) is 10.0. The smallest absolute Gasteiger partial charge is 0.178 e. The van der Waals surface area contributed by atoms with Crippen molar-refractivity contribution in [2.45, 2.75) is 6.92 Å². The van der Waals surface area contributed by atoms with Crippen LogP contribution in [0, 0.1) is 0 Å². The van der Waals surface area contributed by atoms with Gasteiger partial charge in [-0.2, -0.15) is 0 Å². The fourth-order valence-electron chi connectivity index (χ4n) is 1.63. The molecule has 0 bridgehead atoms. The van der Waals surface area contributed by atoms with Gasteiger partial charge >= 0.3 is 0 Å². The highest BCUT2D eigenvalue weighted by molar-refractivity contribution is 9.11. The van der Waals surface area contributed by atoms with Crippen LogP contribution in [-0.4, -0.2) is 20.2 Å². The van der Waals surface area contributed by atoms with Gasteiger partial charge in [0.05, 0.1) is 15.1 Å². The third-order valence-corrected chi connectivity index (χ3v) is 3.93. The van der Waals surface area contributed by atoms with E-state index < -0.39 is 0 Å². The topological polar surface area (TPSA) is 73.3 Å². The molecule has 108 valence electrons. The van der Waals surface area contributed by atoms with Crippen LogP contribution < -0.4 is 5.73 Å². The van der Waals surface area contributed by atoms with Crippen LogP contribution >= 0.6 is 31.9 Å². The van der Waals surface area contributed by atoms with E-state index in [0.29, 0.717) is 11.5 Å². The van der Waals surface area contributed by atoms with Gasteiger partial charge in [0.2, 0.25) is 0 Å². The van der Waals surface area contributed by atoms with Gasteiger partial charge in [-0.15, -0.1) is 0 Å². The van der Waals surface area contributed by atoms with Crippen molar-refractivity contribution >= 4 is 49.1 Å². The maximum absolute atomic E-state index is 11.2. The van der Waals surface area contributed by atoms with Crippen LogP contribution in [0.3, 0.4) is 0 Å². The van der Waals surface area contributed by atoms with Gasteiger partial charge < -0.3 is 5.73 Å². The number of pyridine rings is 2. The standard InChI is InChI=1S/C9H7BrN2O.C5H5BrN2/c1-6(13)8-5-11-9-7(10)3-2-4-12(8)9;6-4-2-1-3-8-5(4)7/h2-5H,1H3;1-3H,(H2,7,8). The van der Waals surface area contributed by atoms with E-state index in [1.54, 1.807) is 16.8 Å². The summed E-state index contributed by atoms with van der Waals surface area (Å²) in [6.07, 6.45) is 5.06. The summed E-state index contributed by atoms with van der Waals surface area (Å²) in [7, 11) is 0. The molecule has 0 aliphatic carbocycles. The number of rotatable bonds is 1. The Labute approximate surface area is 138 Å². The second-order valence-corrected chi connectivity index (χ2v) is 5.83. The number of hydrogen-bond acceptors (Lipinski definition) is 4. The Balaban J connectivity index is 0.000000173. The first-order valence-electron chi connectivity index (χ1n) is 5.99. The van der Waals surface area contributed by atoms with Gasteiger partial charge in [0.25, 0.3) is 0 Å². The minimum absolute atomic E-state index is 0.0191. The second kappa shape index (κ2) is 6.82. The summed E-state index contributed by atoms with van der Waals surface area (Å²) in [4.78, 5) is 19.1. The van der Waals surface area contributed by atoms with Crippen LogP contribution in [0.25, 0.3) is 5.65 Å². The molecular formula is C14H12Br2N4O. The quantitative estimate of drug-likeness (QED) is 0.619. The lowest BCUT2D eigenvalue weighted by atomic mass is 10.3. The summed E-state index contributed by atoms with van der Waals surface area (Å²) in [6, 6.07) is 7.43. The lowest BCUT2D eigenvalue weighted by molar-refractivity contribution is 0.101. The number of nitrogen functional groups attached to an aromatic ring is 1. The minimum atomic E-state index is 0.0191. The first kappa shape index (κ1) is 15.7. The number of carbonyl (C=O) groups excluding carboxylic acids is 1. The Morgan fingerprint density at radius 1 is 1.19 bits per heavy atom. The molecule has 3 aromatic rings. The van der Waals surface area contributed by atoms with E-state index in [9.17, 15) is 4.79 Å². The average Bonchev–Trinajstić information content (AvgIpc) is 2.88. The van der Waals surface area contributed by atoms with E-state index in [0.717, 1.165) is 14.6 Å². The molecular weight excluding hydrogens is 400 g/mol. The van der Waals surface area contributed by atoms with E-state index in [1.807, 2.05) is 30.5 Å². The number of fused-ring (bicyclic) bond motifs is 1. The molecule has 0 radical (unpaired) electrons. The maximum atomic E-state index is 11.2. The number of imidazole rings is 1. The molecule has 2 N–H and O–H groups in total. The number of anilines is 1. The molecule has 0 atom stereocenters. The van der Waals surface area contributed by atoms with Gasteiger partial charge in [-0.1, -0.05) is 0 Å². The van der Waals surface area contributed by atoms with Crippen LogP contribution in [0.2, 0.25) is 0 Å². The van der Waals surface area contributed by atoms with Crippen LogP contribution in [0.5, 0.6) is 0 Å². The van der Waals surface area contributed by atoms with Crippen molar-refractivity contribution in [2.75, 3.05) is 5.73 Å². The number of halogens is 2. The van der Waals surface area contributed by atoms with E-state index in [4.69, 9.17) is 5.73 Å². The molecule has 0 saturated heterocycles. The maximum Gasteiger partial charge on any atom is 0.178 e. The van der Waals surface area contributed by atoms with E-state index >= 15 is 0 Å². The molecule has 0 saturated carbocycles. The largest absolute Gasteiger partial charge is 0.383 e. The van der Waals surface area contributed by atoms with Gasteiger partial charge in [-0.3, -0.25) is 9.20 Å². The number of aromatic nitrogens is 3. The number of carbonyl (C=O) groups is 1. The summed E-state index contributed by atoms with van der Waals surface area (Å²) < 4.78 is 3.51. The van der Waals surface area contributed by atoms with Crippen LogP contribution in [0.1, 0.15) is 17.4 Å². The normalized spacial score (nSPS) is 10.0. The monoisotopic (exact) mass is 410 g/mol. The Morgan fingerprint density at radius 3 is 2.48 bits per heavy atom. The highest BCUT2D eigenvalue weighted by atomic mass is 79.9. The zero-order valence-corrected chi connectivity index (χ0v) is 14.3. The molecule has 0 unspecified atom stereocenters. The van der Waals surface area contributed by atoms with E-state index in [2.05, 4.69) is 41.8 Å². The van der Waals surface area contributed by atoms with Gasteiger partial charge in [0.15, 0.2) is 11.4 Å². The van der Waals surface area contributed by atoms with E-state index in [1.165, 1.54) is 6.92 Å². The number of hydrogen-bond donors (Lipinski definition) is 1. The zero-order valence-electron chi connectivity index (χ0n) is 11.1. The summed E-state index contributed by atoms with van der Waals surface area (Å²) in [6.45, 7) is 1.53. The fraction of sp³-hybridized carbons (Fsp3) is 0.0714. The Hall–Kier alpha value is -1.73. The average molecular weight is 412 g/mol. The Kier molecular flexibility index (Phi) is 5.08. The predicted octanol–water partition coefficient (Wildman–Crippen LogP) is 3.73. The van der Waals surface area contributed by atoms with Gasteiger partial charge in [-0.25, -0.2) is 9.97 Å². The van der Waals surface area contributed by atoms with Crippen LogP contribution in [0.4, 0.5) is 5.82 Å². The predicted molar refractivity (Wildman–Crippen MR) is 89.2 cm³/mol. The number of nitrogens with two attached hydrogens (primary N) is 1. The first-order valence-corrected chi connectivity index (χ1v) is 7.58. The molecule has 3 heterocycles. The van der Waals surface area contributed by atoms with Crippen molar-refractivity contribution in [1.82, 2.24) is 14.4 Å². The summed E-state index contributed by atoms with van der Waals surface area (Å²) in [5.41, 5.74) is 6.74. The SMILES string of the molecule is CC(=O)c1cnc2c(Br)cccn12.Nc1ncccc1Br. The zero-order chi connectivity index (χ0) is 15.4. The van der Waals surface area contributed by atoms with Gasteiger partial charge in [-0.05, 0) is 56.1 Å². The van der Waals surface area contributed by atoms with Crippen molar-refractivity contribution in [3.8, 4) is 0 Å². The molecule has 0 aliphatic rings. The molecule has 7 heteroatoms. The number of Topliss-reactive ketones (excluding diaryl/α,β-unsaturated/α-hetero) is 1. The third kappa shape index (κ3) is 3.68. The van der Waals surface area contributed by atoms with E-state index in [-0.39, 0.29) is 5.78 Å². The lowest BCUT2D eigenvalue weighted by Gasteiger charge is -1.97. The molecule has 0 fully saturated rings. The molecule has 3 aromatic heterocycles. The minimum Gasteiger partial charge on any atom is -0.383 e. The van der Waals surface area contributed by atoms with Crippen molar-refractivity contribution in [2.24, 2.45) is 0 Å². The Bertz CT molecular complexity index is 764. The van der Waals surface area contributed by atoms with Gasteiger partial charge in [0, 0.05) is 19.3 Å². The molecule has 0 spiro atoms. The number of ketones is 1. The van der Waals surface area contributed by atoms with Gasteiger partial charge in [0.1, 0.15) is 11.5 Å².